The monoisotopic (exact) mass is 394 g/mol. The Kier molecular flexibility index (Phi) is 6.13. The van der Waals surface area contributed by atoms with Crippen molar-refractivity contribution in [3.05, 3.63) is 59.9 Å². The fraction of sp³-hybridized carbons (Fsp3) is 0.190. The van der Waals surface area contributed by atoms with Gasteiger partial charge in [0.25, 0.3) is 5.91 Å². The second-order valence-electron chi connectivity index (χ2n) is 6.14. The summed E-state index contributed by atoms with van der Waals surface area (Å²) in [6.45, 7) is 1.94. The first kappa shape index (κ1) is 19.9. The zero-order chi connectivity index (χ0) is 20.8. The van der Waals surface area contributed by atoms with E-state index < -0.39 is 0 Å². The van der Waals surface area contributed by atoms with Crippen molar-refractivity contribution in [2.75, 3.05) is 32.0 Å². The molecule has 0 aliphatic rings. The molecule has 3 rings (SSSR count). The molecule has 3 aromatic rings. The summed E-state index contributed by atoms with van der Waals surface area (Å²) in [4.78, 5) is 21.0. The number of benzene rings is 2. The van der Waals surface area contributed by atoms with E-state index in [1.54, 1.807) is 45.6 Å². The van der Waals surface area contributed by atoms with Gasteiger partial charge in [-0.1, -0.05) is 6.07 Å². The first-order valence-corrected chi connectivity index (χ1v) is 8.81. The van der Waals surface area contributed by atoms with E-state index in [-0.39, 0.29) is 5.91 Å². The van der Waals surface area contributed by atoms with E-state index in [2.05, 4.69) is 20.6 Å². The van der Waals surface area contributed by atoms with E-state index in [1.165, 1.54) is 12.4 Å². The molecule has 29 heavy (non-hydrogen) atoms. The molecule has 0 unspecified atom stereocenters. The maximum atomic E-state index is 12.5. The molecule has 0 saturated heterocycles. The number of methoxy groups -OCH3 is 3. The van der Waals surface area contributed by atoms with Gasteiger partial charge in [0.05, 0.1) is 38.3 Å². The normalized spacial score (nSPS) is 10.2. The predicted octanol–water partition coefficient (Wildman–Crippen LogP) is 3.81. The first-order chi connectivity index (χ1) is 14.0. The number of amides is 1. The van der Waals surface area contributed by atoms with E-state index >= 15 is 0 Å². The van der Waals surface area contributed by atoms with Crippen molar-refractivity contribution in [2.45, 2.75) is 6.92 Å². The largest absolute Gasteiger partial charge is 0.497 e. The molecule has 0 radical (unpaired) electrons. The van der Waals surface area contributed by atoms with Gasteiger partial charge in [-0.25, -0.2) is 9.97 Å². The Morgan fingerprint density at radius 3 is 2.17 bits per heavy atom. The van der Waals surface area contributed by atoms with E-state index in [0.29, 0.717) is 40.1 Å². The fourth-order valence-corrected chi connectivity index (χ4v) is 2.66. The van der Waals surface area contributed by atoms with Crippen LogP contribution in [-0.4, -0.2) is 37.2 Å². The zero-order valence-corrected chi connectivity index (χ0v) is 16.6. The molecule has 8 nitrogen and oxygen atoms in total. The third-order valence-electron chi connectivity index (χ3n) is 4.17. The molecule has 0 aliphatic heterocycles. The lowest BCUT2D eigenvalue weighted by Gasteiger charge is -2.12. The highest BCUT2D eigenvalue weighted by Crippen LogP contribution is 2.30. The van der Waals surface area contributed by atoms with Crippen LogP contribution in [0.3, 0.4) is 0 Å². The van der Waals surface area contributed by atoms with Gasteiger partial charge in [-0.2, -0.15) is 0 Å². The fourth-order valence-electron chi connectivity index (χ4n) is 2.66. The standard InChI is InChI=1S/C21H22N4O4/c1-13-5-7-18(28-3)16(9-13)24-20(26)14-11-22-21(23-12-14)25-17-10-15(27-2)6-8-19(17)29-4/h5-12H,1-4H3,(H,24,26)(H,22,23,25). The van der Waals surface area contributed by atoms with Crippen LogP contribution in [-0.2, 0) is 0 Å². The summed E-state index contributed by atoms with van der Waals surface area (Å²) < 4.78 is 15.8. The van der Waals surface area contributed by atoms with Gasteiger partial charge in [0.1, 0.15) is 17.2 Å². The van der Waals surface area contributed by atoms with Crippen molar-refractivity contribution in [1.29, 1.82) is 0 Å². The second-order valence-corrected chi connectivity index (χ2v) is 6.14. The molecule has 0 fully saturated rings. The minimum absolute atomic E-state index is 0.316. The molecule has 0 atom stereocenters. The van der Waals surface area contributed by atoms with Crippen molar-refractivity contribution in [2.24, 2.45) is 0 Å². The molecule has 150 valence electrons. The average Bonchev–Trinajstić information content (AvgIpc) is 2.74. The topological polar surface area (TPSA) is 94.6 Å². The Labute approximate surface area is 168 Å². The Hall–Kier alpha value is -3.81. The first-order valence-electron chi connectivity index (χ1n) is 8.81. The van der Waals surface area contributed by atoms with Crippen LogP contribution in [0.15, 0.2) is 48.8 Å². The highest BCUT2D eigenvalue weighted by molar-refractivity contribution is 6.04. The molecule has 0 aliphatic carbocycles. The van der Waals surface area contributed by atoms with Crippen LogP contribution in [0, 0.1) is 6.92 Å². The van der Waals surface area contributed by atoms with Gasteiger partial charge < -0.3 is 24.8 Å². The highest BCUT2D eigenvalue weighted by atomic mass is 16.5. The zero-order valence-electron chi connectivity index (χ0n) is 16.6. The van der Waals surface area contributed by atoms with Crippen molar-refractivity contribution in [3.8, 4) is 17.2 Å². The van der Waals surface area contributed by atoms with Crippen molar-refractivity contribution >= 4 is 23.2 Å². The SMILES string of the molecule is COc1ccc(OC)c(Nc2ncc(C(=O)Nc3cc(C)ccc3OC)cn2)c1. The van der Waals surface area contributed by atoms with E-state index in [4.69, 9.17) is 14.2 Å². The minimum atomic E-state index is -0.334. The van der Waals surface area contributed by atoms with E-state index in [0.717, 1.165) is 5.56 Å². The van der Waals surface area contributed by atoms with Crippen molar-refractivity contribution in [3.63, 3.8) is 0 Å². The number of hydrogen-bond donors (Lipinski definition) is 2. The van der Waals surface area contributed by atoms with Crippen molar-refractivity contribution in [1.82, 2.24) is 9.97 Å². The number of hydrogen-bond acceptors (Lipinski definition) is 7. The molecular weight excluding hydrogens is 372 g/mol. The molecule has 2 N–H and O–H groups in total. The summed E-state index contributed by atoms with van der Waals surface area (Å²) in [5, 5.41) is 5.88. The number of nitrogens with zero attached hydrogens (tertiary/aromatic N) is 2. The Balaban J connectivity index is 1.75. The van der Waals surface area contributed by atoms with Crippen LogP contribution in [0.5, 0.6) is 17.2 Å². The van der Waals surface area contributed by atoms with E-state index in [1.807, 2.05) is 19.1 Å². The predicted molar refractivity (Wildman–Crippen MR) is 111 cm³/mol. The van der Waals surface area contributed by atoms with Gasteiger partial charge in [-0.3, -0.25) is 4.79 Å². The van der Waals surface area contributed by atoms with E-state index in [9.17, 15) is 4.79 Å². The van der Waals surface area contributed by atoms with Gasteiger partial charge in [-0.15, -0.1) is 0 Å². The molecule has 1 heterocycles. The van der Waals surface area contributed by atoms with Crippen LogP contribution in [0.4, 0.5) is 17.3 Å². The van der Waals surface area contributed by atoms with Gasteiger partial charge >= 0.3 is 0 Å². The van der Waals surface area contributed by atoms with Gasteiger partial charge in [0.15, 0.2) is 0 Å². The lowest BCUT2D eigenvalue weighted by molar-refractivity contribution is 0.102. The molecule has 0 saturated carbocycles. The molecule has 1 amide bonds. The summed E-state index contributed by atoms with van der Waals surface area (Å²) in [6, 6.07) is 10.9. The van der Waals surface area contributed by atoms with Crippen molar-refractivity contribution < 1.29 is 19.0 Å². The van der Waals surface area contributed by atoms with Gasteiger partial charge in [-0.05, 0) is 36.8 Å². The number of anilines is 3. The summed E-state index contributed by atoms with van der Waals surface area (Å²) in [7, 11) is 4.70. The Morgan fingerprint density at radius 2 is 1.52 bits per heavy atom. The summed E-state index contributed by atoms with van der Waals surface area (Å²) in [6.07, 6.45) is 2.89. The molecular formula is C21H22N4O4. The maximum Gasteiger partial charge on any atom is 0.258 e. The lowest BCUT2D eigenvalue weighted by Crippen LogP contribution is -2.14. The second kappa shape index (κ2) is 8.92. The lowest BCUT2D eigenvalue weighted by atomic mass is 10.2. The summed E-state index contributed by atoms with van der Waals surface area (Å²) >= 11 is 0. The summed E-state index contributed by atoms with van der Waals surface area (Å²) in [5.41, 5.74) is 2.55. The minimum Gasteiger partial charge on any atom is -0.497 e. The van der Waals surface area contributed by atoms with Gasteiger partial charge in [0, 0.05) is 18.5 Å². The molecule has 0 bridgehead atoms. The third kappa shape index (κ3) is 4.73. The molecule has 2 aromatic carbocycles. The van der Waals surface area contributed by atoms with Crippen LogP contribution < -0.4 is 24.8 Å². The molecule has 1 aromatic heterocycles. The number of ether oxygens (including phenoxy) is 3. The summed E-state index contributed by atoms with van der Waals surface area (Å²) in [5.74, 6) is 1.84. The number of aromatic nitrogens is 2. The third-order valence-corrected chi connectivity index (χ3v) is 4.17. The van der Waals surface area contributed by atoms with Gasteiger partial charge in [0.2, 0.25) is 5.95 Å². The Bertz CT molecular complexity index is 1010. The van der Waals surface area contributed by atoms with Crippen LogP contribution in [0.1, 0.15) is 15.9 Å². The number of nitrogens with one attached hydrogen (secondary N) is 2. The van der Waals surface area contributed by atoms with Crippen LogP contribution >= 0.6 is 0 Å². The average molecular weight is 394 g/mol. The highest BCUT2D eigenvalue weighted by Gasteiger charge is 2.12. The number of carbonyl (C=O) groups excluding carboxylic acids is 1. The number of aryl methyl sites for hydroxylation is 1. The maximum absolute atomic E-state index is 12.5. The van der Waals surface area contributed by atoms with Crippen LogP contribution in [0.2, 0.25) is 0 Å². The molecule has 8 heteroatoms. The number of rotatable bonds is 7. The Morgan fingerprint density at radius 1 is 0.862 bits per heavy atom. The quantitative estimate of drug-likeness (QED) is 0.629. The van der Waals surface area contributed by atoms with Crippen LogP contribution in [0.25, 0.3) is 0 Å². The molecule has 0 spiro atoms. The number of carbonyl (C=O) groups is 1. The smallest absolute Gasteiger partial charge is 0.258 e.